The quantitative estimate of drug-likeness (QED) is 0.516. The third-order valence-corrected chi connectivity index (χ3v) is 2.58. The van der Waals surface area contributed by atoms with Crippen LogP contribution in [-0.2, 0) is 6.18 Å². The molecule has 0 radical (unpaired) electrons. The largest absolute Gasteiger partial charge is 0.436 e. The van der Waals surface area contributed by atoms with Crippen molar-refractivity contribution in [2.45, 2.75) is 13.1 Å². The third-order valence-electron chi connectivity index (χ3n) is 2.58. The second-order valence-electron chi connectivity index (χ2n) is 4.26. The van der Waals surface area contributed by atoms with Crippen molar-refractivity contribution in [3.63, 3.8) is 0 Å². The summed E-state index contributed by atoms with van der Waals surface area (Å²) in [6.45, 7) is 1.69. The van der Waals surface area contributed by atoms with E-state index in [4.69, 9.17) is 10.6 Å². The van der Waals surface area contributed by atoms with Gasteiger partial charge in [-0.05, 0) is 30.7 Å². The number of hydrogen-bond acceptors (Lipinski definition) is 4. The number of hydrazine groups is 1. The molecule has 1 aromatic heterocycles. The highest BCUT2D eigenvalue weighted by Gasteiger charge is 2.32. The van der Waals surface area contributed by atoms with Crippen LogP contribution in [0.1, 0.15) is 11.1 Å². The van der Waals surface area contributed by atoms with Crippen molar-refractivity contribution in [3.05, 3.63) is 47.3 Å². The van der Waals surface area contributed by atoms with Gasteiger partial charge in [-0.3, -0.25) is 0 Å². The fourth-order valence-electron chi connectivity index (χ4n) is 1.60. The van der Waals surface area contributed by atoms with Crippen LogP contribution in [-0.4, -0.2) is 4.98 Å². The smallest absolute Gasteiger partial charge is 0.416 e. The van der Waals surface area contributed by atoms with Crippen molar-refractivity contribution < 1.29 is 22.3 Å². The minimum atomic E-state index is -4.60. The standard InChI is InChI=1S/C13H11F4N3O/c1-7-2-3-9(14)10(4-7)21-12-6-8(13(15,16)17)5-11(19-12)20-18/h2-6H,18H2,1H3,(H,19,20). The Morgan fingerprint density at radius 2 is 1.90 bits per heavy atom. The zero-order chi connectivity index (χ0) is 15.6. The van der Waals surface area contributed by atoms with Crippen LogP contribution in [0.3, 0.4) is 0 Å². The Balaban J connectivity index is 2.42. The summed E-state index contributed by atoms with van der Waals surface area (Å²) in [5.74, 6) is 3.49. The first-order chi connectivity index (χ1) is 9.79. The number of nitrogens with two attached hydrogens (primary N) is 1. The molecule has 0 aliphatic heterocycles. The molecule has 0 aliphatic carbocycles. The summed E-state index contributed by atoms with van der Waals surface area (Å²) in [4.78, 5) is 3.71. The van der Waals surface area contributed by atoms with Crippen LogP contribution in [0.5, 0.6) is 11.6 Å². The van der Waals surface area contributed by atoms with Crippen LogP contribution < -0.4 is 16.0 Å². The van der Waals surface area contributed by atoms with Crippen molar-refractivity contribution >= 4 is 5.82 Å². The van der Waals surface area contributed by atoms with Crippen molar-refractivity contribution in [2.75, 3.05) is 5.43 Å². The molecule has 0 atom stereocenters. The molecule has 0 unspecified atom stereocenters. The monoisotopic (exact) mass is 301 g/mol. The van der Waals surface area contributed by atoms with E-state index in [0.717, 1.165) is 12.1 Å². The number of aromatic nitrogens is 1. The van der Waals surface area contributed by atoms with Gasteiger partial charge in [0.25, 0.3) is 0 Å². The Bertz CT molecular complexity index is 658. The van der Waals surface area contributed by atoms with E-state index >= 15 is 0 Å². The molecule has 21 heavy (non-hydrogen) atoms. The lowest BCUT2D eigenvalue weighted by Gasteiger charge is -2.12. The van der Waals surface area contributed by atoms with Crippen LogP contribution in [0.15, 0.2) is 30.3 Å². The Labute approximate surface area is 117 Å². The van der Waals surface area contributed by atoms with E-state index in [1.807, 2.05) is 5.43 Å². The first-order valence-corrected chi connectivity index (χ1v) is 5.79. The fourth-order valence-corrected chi connectivity index (χ4v) is 1.60. The molecule has 0 amide bonds. The van der Waals surface area contributed by atoms with Crippen molar-refractivity contribution in [2.24, 2.45) is 5.84 Å². The van der Waals surface area contributed by atoms with Gasteiger partial charge in [0.1, 0.15) is 5.82 Å². The van der Waals surface area contributed by atoms with Gasteiger partial charge in [-0.1, -0.05) is 6.07 Å². The Kier molecular flexibility index (Phi) is 3.99. The number of nitrogen functional groups attached to an aromatic ring is 1. The summed E-state index contributed by atoms with van der Waals surface area (Å²) in [6.07, 6.45) is -4.60. The normalized spacial score (nSPS) is 11.3. The molecule has 0 bridgehead atoms. The van der Waals surface area contributed by atoms with Crippen molar-refractivity contribution in [1.82, 2.24) is 4.98 Å². The maximum absolute atomic E-state index is 13.6. The lowest BCUT2D eigenvalue weighted by atomic mass is 10.2. The molecule has 0 fully saturated rings. The summed E-state index contributed by atoms with van der Waals surface area (Å²) in [5.41, 5.74) is 1.69. The lowest BCUT2D eigenvalue weighted by molar-refractivity contribution is -0.137. The van der Waals surface area contributed by atoms with Gasteiger partial charge < -0.3 is 10.2 Å². The predicted molar refractivity (Wildman–Crippen MR) is 68.3 cm³/mol. The van der Waals surface area contributed by atoms with E-state index in [0.29, 0.717) is 11.6 Å². The van der Waals surface area contributed by atoms with E-state index in [1.54, 1.807) is 6.92 Å². The van der Waals surface area contributed by atoms with Crippen LogP contribution in [0.4, 0.5) is 23.4 Å². The number of hydrogen-bond donors (Lipinski definition) is 2. The maximum Gasteiger partial charge on any atom is 0.416 e. The summed E-state index contributed by atoms with van der Waals surface area (Å²) in [7, 11) is 0. The molecule has 0 saturated carbocycles. The number of halogens is 4. The van der Waals surface area contributed by atoms with Crippen molar-refractivity contribution in [1.29, 1.82) is 0 Å². The molecule has 112 valence electrons. The number of pyridine rings is 1. The average molecular weight is 301 g/mol. The number of aryl methyl sites for hydroxylation is 1. The number of nitrogens with zero attached hydrogens (tertiary/aromatic N) is 1. The molecule has 2 rings (SSSR count). The first kappa shape index (κ1) is 15.0. The summed E-state index contributed by atoms with van der Waals surface area (Å²) >= 11 is 0. The highest BCUT2D eigenvalue weighted by Crippen LogP contribution is 2.34. The van der Waals surface area contributed by atoms with E-state index in [-0.39, 0.29) is 11.6 Å². The molecule has 0 saturated heterocycles. The fraction of sp³-hybridized carbons (Fsp3) is 0.154. The number of rotatable bonds is 3. The number of benzene rings is 1. The van der Waals surface area contributed by atoms with Gasteiger partial charge in [0.2, 0.25) is 5.88 Å². The minimum Gasteiger partial charge on any atom is -0.436 e. The van der Waals surface area contributed by atoms with Crippen LogP contribution in [0, 0.1) is 12.7 Å². The Hall–Kier alpha value is -2.35. The van der Waals surface area contributed by atoms with E-state index in [9.17, 15) is 17.6 Å². The number of anilines is 1. The summed E-state index contributed by atoms with van der Waals surface area (Å²) < 4.78 is 56.9. The van der Waals surface area contributed by atoms with Crippen molar-refractivity contribution in [3.8, 4) is 11.6 Å². The molecule has 2 aromatic rings. The molecule has 0 spiro atoms. The highest BCUT2D eigenvalue weighted by molar-refractivity contribution is 5.43. The summed E-state index contributed by atoms with van der Waals surface area (Å²) in [5, 5.41) is 0. The number of nitrogens with one attached hydrogen (secondary N) is 1. The average Bonchev–Trinajstić information content (AvgIpc) is 2.41. The van der Waals surface area contributed by atoms with E-state index < -0.39 is 23.4 Å². The SMILES string of the molecule is Cc1ccc(F)c(Oc2cc(C(F)(F)F)cc(NN)n2)c1. The van der Waals surface area contributed by atoms with E-state index in [1.165, 1.54) is 12.1 Å². The van der Waals surface area contributed by atoms with Gasteiger partial charge in [0, 0.05) is 6.07 Å². The van der Waals surface area contributed by atoms with Gasteiger partial charge in [-0.15, -0.1) is 0 Å². The third kappa shape index (κ3) is 3.60. The van der Waals surface area contributed by atoms with Gasteiger partial charge in [-0.25, -0.2) is 10.2 Å². The number of alkyl halides is 3. The topological polar surface area (TPSA) is 60.2 Å². The molecular formula is C13H11F4N3O. The second-order valence-corrected chi connectivity index (χ2v) is 4.26. The van der Waals surface area contributed by atoms with Crippen LogP contribution in [0.25, 0.3) is 0 Å². The first-order valence-electron chi connectivity index (χ1n) is 5.79. The molecule has 8 heteroatoms. The Morgan fingerprint density at radius 1 is 1.19 bits per heavy atom. The van der Waals surface area contributed by atoms with Gasteiger partial charge in [-0.2, -0.15) is 18.2 Å². The Morgan fingerprint density at radius 3 is 2.52 bits per heavy atom. The second kappa shape index (κ2) is 5.57. The van der Waals surface area contributed by atoms with E-state index in [2.05, 4.69) is 4.98 Å². The molecule has 3 N–H and O–H groups in total. The van der Waals surface area contributed by atoms with Gasteiger partial charge in [0.15, 0.2) is 11.6 Å². The predicted octanol–water partition coefficient (Wildman–Crippen LogP) is 3.63. The maximum atomic E-state index is 13.6. The molecule has 0 aliphatic rings. The lowest BCUT2D eigenvalue weighted by Crippen LogP contribution is -2.12. The molecule has 4 nitrogen and oxygen atoms in total. The molecular weight excluding hydrogens is 290 g/mol. The zero-order valence-electron chi connectivity index (χ0n) is 10.8. The van der Waals surface area contributed by atoms with Crippen LogP contribution >= 0.6 is 0 Å². The summed E-state index contributed by atoms with van der Waals surface area (Å²) in [6, 6.07) is 5.41. The van der Waals surface area contributed by atoms with Gasteiger partial charge in [0.05, 0.1) is 5.56 Å². The minimum absolute atomic E-state index is 0.218. The highest BCUT2D eigenvalue weighted by atomic mass is 19.4. The number of ether oxygens (including phenoxy) is 1. The van der Waals surface area contributed by atoms with Gasteiger partial charge >= 0.3 is 6.18 Å². The molecule has 1 aromatic carbocycles. The zero-order valence-corrected chi connectivity index (χ0v) is 10.8. The molecule has 1 heterocycles. The van der Waals surface area contributed by atoms with Crippen LogP contribution in [0.2, 0.25) is 0 Å².